The first-order chi connectivity index (χ1) is 11.4. The van der Waals surface area contributed by atoms with Crippen LogP contribution in [0.2, 0.25) is 0 Å². The molecule has 4 aliphatic rings. The number of hydrogen-bond acceptors (Lipinski definition) is 4. The minimum Gasteiger partial charge on any atom is -0.378 e. The average Bonchev–Trinajstić information content (AvgIpc) is 3.02. The molecule has 4 unspecified atom stereocenters. The molecule has 138 valence electrons. The molecule has 0 aromatic rings. The van der Waals surface area contributed by atoms with Crippen LogP contribution in [0.3, 0.4) is 0 Å². The minimum atomic E-state index is 0.271. The maximum atomic E-state index is 6.04. The van der Waals surface area contributed by atoms with E-state index in [2.05, 4.69) is 37.5 Å². The molecule has 4 aliphatic heterocycles. The van der Waals surface area contributed by atoms with Gasteiger partial charge in [0, 0.05) is 36.3 Å². The van der Waals surface area contributed by atoms with E-state index in [1.807, 2.05) is 0 Å². The molecular weight excluding hydrogens is 300 g/mol. The maximum absolute atomic E-state index is 6.04. The number of nitrogens with zero attached hydrogens (tertiary/aromatic N) is 2. The Balaban J connectivity index is 1.38. The predicted octanol–water partition coefficient (Wildman–Crippen LogP) is 3.05. The lowest BCUT2D eigenvalue weighted by molar-refractivity contribution is -0.0844. The second-order valence-electron chi connectivity index (χ2n) is 9.82. The highest BCUT2D eigenvalue weighted by Crippen LogP contribution is 2.39. The van der Waals surface area contributed by atoms with Crippen LogP contribution < -0.4 is 0 Å². The highest BCUT2D eigenvalue weighted by Gasteiger charge is 2.46. The molecule has 4 heterocycles. The fraction of sp³-hybridized carbons (Fsp3) is 1.00. The standard InChI is InChI=1S/C20H36N2O2/c1-19(2,21-11-17-7-8-18(12-21)24-17)9-10-20(3,4)22-15-5-6-16(22)14-23-13-15/h15-18H,5-14H2,1-4H3. The van der Waals surface area contributed by atoms with Crippen molar-refractivity contribution < 1.29 is 9.47 Å². The highest BCUT2D eigenvalue weighted by atomic mass is 16.5. The van der Waals surface area contributed by atoms with Gasteiger partial charge in [-0.1, -0.05) is 0 Å². The van der Waals surface area contributed by atoms with Gasteiger partial charge in [-0.3, -0.25) is 9.80 Å². The quantitative estimate of drug-likeness (QED) is 0.770. The van der Waals surface area contributed by atoms with Crippen molar-refractivity contribution in [2.45, 2.75) is 102 Å². The van der Waals surface area contributed by atoms with Crippen LogP contribution in [-0.4, -0.2) is 71.5 Å². The zero-order chi connectivity index (χ0) is 16.9. The second kappa shape index (κ2) is 6.22. The lowest BCUT2D eigenvalue weighted by Crippen LogP contribution is -2.58. The Bertz CT molecular complexity index is 437. The van der Waals surface area contributed by atoms with Crippen molar-refractivity contribution in [1.29, 1.82) is 0 Å². The zero-order valence-electron chi connectivity index (χ0n) is 16.1. The van der Waals surface area contributed by atoms with Crippen molar-refractivity contribution in [2.75, 3.05) is 26.3 Å². The molecule has 0 aromatic carbocycles. The first-order valence-corrected chi connectivity index (χ1v) is 10.1. The fourth-order valence-electron chi connectivity index (χ4n) is 5.63. The third-order valence-corrected chi connectivity index (χ3v) is 7.19. The Morgan fingerprint density at radius 1 is 0.792 bits per heavy atom. The summed E-state index contributed by atoms with van der Waals surface area (Å²) in [6.07, 6.45) is 8.68. The third-order valence-electron chi connectivity index (χ3n) is 7.19. The van der Waals surface area contributed by atoms with Gasteiger partial charge in [0.15, 0.2) is 0 Å². The van der Waals surface area contributed by atoms with Crippen LogP contribution in [-0.2, 0) is 9.47 Å². The van der Waals surface area contributed by atoms with E-state index >= 15 is 0 Å². The molecule has 0 aromatic heterocycles. The van der Waals surface area contributed by atoms with Crippen molar-refractivity contribution in [2.24, 2.45) is 0 Å². The third kappa shape index (κ3) is 3.15. The highest BCUT2D eigenvalue weighted by molar-refractivity contribution is 5.00. The Morgan fingerprint density at radius 3 is 1.92 bits per heavy atom. The van der Waals surface area contributed by atoms with Gasteiger partial charge in [-0.25, -0.2) is 0 Å². The Kier molecular flexibility index (Phi) is 4.48. The Morgan fingerprint density at radius 2 is 1.33 bits per heavy atom. The lowest BCUT2D eigenvalue weighted by Gasteiger charge is -2.49. The summed E-state index contributed by atoms with van der Waals surface area (Å²) in [6, 6.07) is 1.31. The van der Waals surface area contributed by atoms with E-state index in [1.54, 1.807) is 0 Å². The number of rotatable bonds is 5. The van der Waals surface area contributed by atoms with Crippen LogP contribution in [0.5, 0.6) is 0 Å². The molecule has 0 saturated carbocycles. The van der Waals surface area contributed by atoms with E-state index in [1.165, 1.54) is 38.5 Å². The maximum Gasteiger partial charge on any atom is 0.0707 e. The van der Waals surface area contributed by atoms with Gasteiger partial charge in [0.25, 0.3) is 0 Å². The van der Waals surface area contributed by atoms with Crippen molar-refractivity contribution in [1.82, 2.24) is 9.80 Å². The van der Waals surface area contributed by atoms with E-state index in [0.29, 0.717) is 24.3 Å². The molecule has 4 heteroatoms. The van der Waals surface area contributed by atoms with Crippen LogP contribution in [0.15, 0.2) is 0 Å². The van der Waals surface area contributed by atoms with E-state index < -0.39 is 0 Å². The van der Waals surface area contributed by atoms with Gasteiger partial charge in [0.05, 0.1) is 25.4 Å². The first kappa shape index (κ1) is 17.3. The Labute approximate surface area is 147 Å². The molecule has 0 radical (unpaired) electrons. The van der Waals surface area contributed by atoms with Gasteiger partial charge < -0.3 is 9.47 Å². The van der Waals surface area contributed by atoms with E-state index in [-0.39, 0.29) is 11.1 Å². The van der Waals surface area contributed by atoms with E-state index in [9.17, 15) is 0 Å². The summed E-state index contributed by atoms with van der Waals surface area (Å²) in [5, 5.41) is 0. The molecule has 0 spiro atoms. The fourth-order valence-corrected chi connectivity index (χ4v) is 5.63. The minimum absolute atomic E-state index is 0.271. The summed E-state index contributed by atoms with van der Waals surface area (Å²) in [5.74, 6) is 0. The van der Waals surface area contributed by atoms with Crippen molar-refractivity contribution in [3.8, 4) is 0 Å². The molecule has 4 atom stereocenters. The number of likely N-dealkylation sites (tertiary alicyclic amines) is 1. The summed E-state index contributed by atoms with van der Waals surface area (Å²) >= 11 is 0. The molecule has 4 rings (SSSR count). The smallest absolute Gasteiger partial charge is 0.0707 e. The van der Waals surface area contributed by atoms with Crippen LogP contribution in [0.1, 0.15) is 66.2 Å². The zero-order valence-corrected chi connectivity index (χ0v) is 16.1. The van der Waals surface area contributed by atoms with Crippen LogP contribution in [0.25, 0.3) is 0 Å². The van der Waals surface area contributed by atoms with Crippen molar-refractivity contribution >= 4 is 0 Å². The normalized spacial score (nSPS) is 38.0. The summed E-state index contributed by atoms with van der Waals surface area (Å²) in [4.78, 5) is 5.51. The lowest BCUT2D eigenvalue weighted by atomic mass is 9.85. The van der Waals surface area contributed by atoms with Gasteiger partial charge in [-0.05, 0) is 66.2 Å². The van der Waals surface area contributed by atoms with Crippen LogP contribution >= 0.6 is 0 Å². The average molecular weight is 337 g/mol. The predicted molar refractivity (Wildman–Crippen MR) is 96.3 cm³/mol. The van der Waals surface area contributed by atoms with E-state index in [4.69, 9.17) is 9.47 Å². The topological polar surface area (TPSA) is 24.9 Å². The van der Waals surface area contributed by atoms with Crippen LogP contribution in [0.4, 0.5) is 0 Å². The Hall–Kier alpha value is -0.160. The molecular formula is C20H36N2O2. The molecule has 4 saturated heterocycles. The first-order valence-electron chi connectivity index (χ1n) is 10.1. The van der Waals surface area contributed by atoms with Gasteiger partial charge in [-0.15, -0.1) is 0 Å². The SMILES string of the molecule is CC(C)(CCC(C)(C)N1C2CCC1COC2)N1CC2CCC(C1)O2. The molecule has 24 heavy (non-hydrogen) atoms. The van der Waals surface area contributed by atoms with Crippen molar-refractivity contribution in [3.63, 3.8) is 0 Å². The summed E-state index contributed by atoms with van der Waals surface area (Å²) in [6.45, 7) is 14.0. The van der Waals surface area contributed by atoms with Crippen LogP contribution in [0, 0.1) is 0 Å². The van der Waals surface area contributed by atoms with Gasteiger partial charge in [0.2, 0.25) is 0 Å². The summed E-state index contributed by atoms with van der Waals surface area (Å²) in [7, 11) is 0. The molecule has 4 bridgehead atoms. The molecule has 0 aliphatic carbocycles. The molecule has 0 N–H and O–H groups in total. The summed E-state index contributed by atoms with van der Waals surface area (Å²) < 4.78 is 11.8. The second-order valence-corrected chi connectivity index (χ2v) is 9.82. The number of ether oxygens (including phenoxy) is 2. The van der Waals surface area contributed by atoms with E-state index in [0.717, 1.165) is 26.3 Å². The largest absolute Gasteiger partial charge is 0.378 e. The number of hydrogen-bond donors (Lipinski definition) is 0. The monoisotopic (exact) mass is 336 g/mol. The van der Waals surface area contributed by atoms with Crippen molar-refractivity contribution in [3.05, 3.63) is 0 Å². The number of morpholine rings is 2. The van der Waals surface area contributed by atoms with Gasteiger partial charge in [0.1, 0.15) is 0 Å². The van der Waals surface area contributed by atoms with Gasteiger partial charge in [-0.2, -0.15) is 0 Å². The molecule has 4 fully saturated rings. The number of fused-ring (bicyclic) bond motifs is 4. The molecule has 0 amide bonds. The van der Waals surface area contributed by atoms with Gasteiger partial charge >= 0.3 is 0 Å². The molecule has 4 nitrogen and oxygen atoms in total. The summed E-state index contributed by atoms with van der Waals surface area (Å²) in [5.41, 5.74) is 0.547.